The fourth-order valence-corrected chi connectivity index (χ4v) is 5.83. The lowest BCUT2D eigenvalue weighted by Crippen LogP contribution is -2.16. The number of rotatable bonds is 2. The first-order valence-electron chi connectivity index (χ1n) is 7.99. The van der Waals surface area contributed by atoms with Crippen LogP contribution in [0.5, 0.6) is 0 Å². The van der Waals surface area contributed by atoms with Crippen LogP contribution in [0.1, 0.15) is 33.4 Å². The fourth-order valence-electron chi connectivity index (χ4n) is 3.17. The quantitative estimate of drug-likeness (QED) is 0.556. The summed E-state index contributed by atoms with van der Waals surface area (Å²) >= 11 is 0. The smallest absolute Gasteiger partial charge is 0.261 e. The number of nitrogen functional groups attached to an aromatic ring is 1. The Morgan fingerprint density at radius 3 is 1.52 bits per heavy atom. The van der Waals surface area contributed by atoms with Crippen molar-refractivity contribution in [1.29, 1.82) is 0 Å². The first kappa shape index (κ1) is 23.4. The largest absolute Gasteiger partial charge is 0.398 e. The number of halogens is 1. The van der Waals surface area contributed by atoms with Gasteiger partial charge in [-0.25, -0.2) is 22.0 Å². The number of primary sulfonamides is 1. The lowest BCUT2D eigenvalue weighted by atomic mass is 10.1. The van der Waals surface area contributed by atoms with Gasteiger partial charge < -0.3 is 5.73 Å². The summed E-state index contributed by atoms with van der Waals surface area (Å²) in [6.45, 7) is 10.6. The number of hydrogen-bond donors (Lipinski definition) is 2. The Morgan fingerprint density at radius 1 is 0.741 bits per heavy atom. The van der Waals surface area contributed by atoms with Crippen LogP contribution >= 0.6 is 10.7 Å². The van der Waals surface area contributed by atoms with Crippen molar-refractivity contribution in [3.8, 4) is 0 Å². The highest BCUT2D eigenvalue weighted by atomic mass is 35.7. The molecule has 0 fully saturated rings. The monoisotopic (exact) mass is 432 g/mol. The van der Waals surface area contributed by atoms with Gasteiger partial charge >= 0.3 is 0 Å². The molecule has 0 spiro atoms. The molecule has 0 unspecified atom stereocenters. The van der Waals surface area contributed by atoms with Crippen molar-refractivity contribution < 1.29 is 16.8 Å². The number of benzene rings is 2. The molecule has 4 N–H and O–H groups in total. The van der Waals surface area contributed by atoms with E-state index >= 15 is 0 Å². The fraction of sp³-hybridized carbons (Fsp3) is 0.333. The van der Waals surface area contributed by atoms with E-state index in [2.05, 4.69) is 0 Å². The van der Waals surface area contributed by atoms with E-state index in [1.165, 1.54) is 0 Å². The SMILES string of the molecule is Cc1cc(C)c(S(=O)(=O)Cl)c(C)c1.Cc1cc(C)c(S(N)(=O)=O)c(C)c1N. The molecule has 0 atom stereocenters. The second-order valence-electron chi connectivity index (χ2n) is 6.59. The van der Waals surface area contributed by atoms with Crippen molar-refractivity contribution >= 4 is 35.4 Å². The van der Waals surface area contributed by atoms with Crippen LogP contribution in [0.25, 0.3) is 0 Å². The zero-order valence-electron chi connectivity index (χ0n) is 16.2. The Balaban J connectivity index is 0.000000271. The summed E-state index contributed by atoms with van der Waals surface area (Å²) in [5, 5.41) is 5.09. The van der Waals surface area contributed by atoms with Gasteiger partial charge in [-0.1, -0.05) is 23.8 Å². The maximum Gasteiger partial charge on any atom is 0.261 e. The van der Waals surface area contributed by atoms with Crippen molar-refractivity contribution in [3.63, 3.8) is 0 Å². The van der Waals surface area contributed by atoms with E-state index in [1.54, 1.807) is 33.8 Å². The zero-order chi connectivity index (χ0) is 21.3. The number of hydrogen-bond acceptors (Lipinski definition) is 5. The summed E-state index contributed by atoms with van der Waals surface area (Å²) in [6.07, 6.45) is 0. The molecular formula is C18H25ClN2O4S2. The highest BCUT2D eigenvalue weighted by molar-refractivity contribution is 8.13. The summed E-state index contributed by atoms with van der Waals surface area (Å²) < 4.78 is 44.8. The molecule has 0 amide bonds. The maximum atomic E-state index is 11.3. The average molecular weight is 433 g/mol. The molecule has 0 saturated carbocycles. The Bertz CT molecular complexity index is 1070. The summed E-state index contributed by atoms with van der Waals surface area (Å²) in [5.74, 6) is 0. The zero-order valence-corrected chi connectivity index (χ0v) is 18.6. The van der Waals surface area contributed by atoms with Crippen LogP contribution in [0.15, 0.2) is 28.0 Å². The van der Waals surface area contributed by atoms with Crippen molar-refractivity contribution in [3.05, 3.63) is 51.6 Å². The molecule has 0 aromatic heterocycles. The summed E-state index contributed by atoms with van der Waals surface area (Å²) in [7, 11) is -2.00. The molecule has 0 radical (unpaired) electrons. The van der Waals surface area contributed by atoms with E-state index in [0.29, 0.717) is 27.9 Å². The molecule has 0 aliphatic rings. The normalized spacial score (nSPS) is 11.7. The standard InChI is InChI=1S/C9H11ClO2S.C9H14N2O2S/c1-6-4-7(2)9(8(3)5-6)13(10,11)12;1-5-4-6(2)9(14(11,12)13)7(3)8(5)10/h4-5H,1-3H3;4H,10H2,1-3H3,(H2,11,12,13). The van der Waals surface area contributed by atoms with E-state index in [-0.39, 0.29) is 9.79 Å². The molecule has 27 heavy (non-hydrogen) atoms. The Kier molecular flexibility index (Phi) is 7.10. The molecule has 0 aliphatic carbocycles. The van der Waals surface area contributed by atoms with E-state index in [0.717, 1.165) is 11.1 Å². The molecule has 2 aromatic carbocycles. The minimum Gasteiger partial charge on any atom is -0.398 e. The number of aryl methyl sites for hydroxylation is 5. The molecule has 0 aliphatic heterocycles. The van der Waals surface area contributed by atoms with Gasteiger partial charge in [-0.05, 0) is 69.4 Å². The van der Waals surface area contributed by atoms with Crippen LogP contribution in [0.2, 0.25) is 0 Å². The van der Waals surface area contributed by atoms with E-state index in [4.69, 9.17) is 21.6 Å². The molecule has 6 nitrogen and oxygen atoms in total. The molecule has 150 valence electrons. The van der Waals surface area contributed by atoms with Crippen molar-refractivity contribution in [1.82, 2.24) is 0 Å². The van der Waals surface area contributed by atoms with Gasteiger partial charge in [0.05, 0.1) is 9.79 Å². The molecule has 9 heteroatoms. The van der Waals surface area contributed by atoms with Gasteiger partial charge in [0.15, 0.2) is 0 Å². The van der Waals surface area contributed by atoms with Gasteiger partial charge in [0.1, 0.15) is 0 Å². The first-order valence-corrected chi connectivity index (χ1v) is 11.8. The third kappa shape index (κ3) is 5.68. The van der Waals surface area contributed by atoms with Gasteiger partial charge in [0, 0.05) is 16.4 Å². The van der Waals surface area contributed by atoms with Gasteiger partial charge in [-0.3, -0.25) is 0 Å². The molecule has 0 bridgehead atoms. The van der Waals surface area contributed by atoms with E-state index in [9.17, 15) is 16.8 Å². The summed E-state index contributed by atoms with van der Waals surface area (Å²) in [6, 6.07) is 5.34. The van der Waals surface area contributed by atoms with Crippen LogP contribution < -0.4 is 10.9 Å². The number of nitrogens with two attached hydrogens (primary N) is 2. The predicted molar refractivity (Wildman–Crippen MR) is 110 cm³/mol. The van der Waals surface area contributed by atoms with Gasteiger partial charge in [-0.2, -0.15) is 0 Å². The molecule has 0 heterocycles. The number of anilines is 1. The third-order valence-electron chi connectivity index (χ3n) is 4.09. The van der Waals surface area contributed by atoms with Crippen LogP contribution in [0.4, 0.5) is 5.69 Å². The van der Waals surface area contributed by atoms with Crippen LogP contribution in [-0.4, -0.2) is 16.8 Å². The first-order chi connectivity index (χ1) is 12.1. The topological polar surface area (TPSA) is 120 Å². The molecule has 2 rings (SSSR count). The number of sulfonamides is 1. The third-order valence-corrected chi connectivity index (χ3v) is 6.89. The maximum absolute atomic E-state index is 11.3. The highest BCUT2D eigenvalue weighted by Gasteiger charge is 2.18. The minimum atomic E-state index is -3.68. The molecule has 2 aromatic rings. The summed E-state index contributed by atoms with van der Waals surface area (Å²) in [4.78, 5) is 0.375. The minimum absolute atomic E-state index is 0.139. The Morgan fingerprint density at radius 2 is 1.15 bits per heavy atom. The van der Waals surface area contributed by atoms with Crippen LogP contribution in [0, 0.1) is 41.5 Å². The van der Waals surface area contributed by atoms with Gasteiger partial charge in [0.25, 0.3) is 9.05 Å². The van der Waals surface area contributed by atoms with Crippen molar-refractivity contribution in [2.24, 2.45) is 5.14 Å². The van der Waals surface area contributed by atoms with E-state index in [1.807, 2.05) is 26.0 Å². The summed E-state index contributed by atoms with van der Waals surface area (Å²) in [5.41, 5.74) is 10.7. The average Bonchev–Trinajstić information content (AvgIpc) is 2.41. The lowest BCUT2D eigenvalue weighted by molar-refractivity contribution is 0.596. The molecular weight excluding hydrogens is 408 g/mol. The van der Waals surface area contributed by atoms with Gasteiger partial charge in [-0.15, -0.1) is 0 Å². The predicted octanol–water partition coefficient (Wildman–Crippen LogP) is 3.38. The van der Waals surface area contributed by atoms with Crippen LogP contribution in [0.3, 0.4) is 0 Å². The Labute approximate surface area is 166 Å². The molecule has 0 saturated heterocycles. The second-order valence-corrected chi connectivity index (χ2v) is 10.6. The lowest BCUT2D eigenvalue weighted by Gasteiger charge is -2.12. The second kappa shape index (κ2) is 8.18. The van der Waals surface area contributed by atoms with E-state index < -0.39 is 19.1 Å². The van der Waals surface area contributed by atoms with Crippen molar-refractivity contribution in [2.45, 2.75) is 51.3 Å². The van der Waals surface area contributed by atoms with Gasteiger partial charge in [0.2, 0.25) is 10.0 Å². The highest BCUT2D eigenvalue weighted by Crippen LogP contribution is 2.27. The van der Waals surface area contributed by atoms with Crippen LogP contribution in [-0.2, 0) is 19.1 Å². The van der Waals surface area contributed by atoms with Crippen molar-refractivity contribution in [2.75, 3.05) is 5.73 Å². The Hall–Kier alpha value is -1.61.